The van der Waals surface area contributed by atoms with Crippen LogP contribution >= 0.6 is 0 Å². The number of rotatable bonds is 2. The van der Waals surface area contributed by atoms with Crippen LogP contribution in [0.15, 0.2) is 48.1 Å². The molecule has 66 valence electrons. The minimum Gasteiger partial charge on any atom is -0.388 e. The van der Waals surface area contributed by atoms with Crippen molar-refractivity contribution in [3.05, 3.63) is 48.6 Å². The van der Waals surface area contributed by atoms with Gasteiger partial charge in [0, 0.05) is 6.42 Å². The van der Waals surface area contributed by atoms with E-state index in [0.29, 0.717) is 0 Å². The van der Waals surface area contributed by atoms with Crippen LogP contribution in [0.25, 0.3) is 0 Å². The molecule has 0 amide bonds. The Balaban J connectivity index is 2.17. The third-order valence-electron chi connectivity index (χ3n) is 2.06. The van der Waals surface area contributed by atoms with Gasteiger partial charge in [0.05, 0.1) is 5.71 Å². The fraction of sp³-hybridized carbons (Fsp3) is 0.182. The van der Waals surface area contributed by atoms with Gasteiger partial charge in [0.25, 0.3) is 0 Å². The highest BCUT2D eigenvalue weighted by Crippen LogP contribution is 2.16. The molecule has 0 aromatic heterocycles. The molecule has 1 aliphatic rings. The van der Waals surface area contributed by atoms with Crippen molar-refractivity contribution in [1.29, 1.82) is 0 Å². The predicted molar refractivity (Wildman–Crippen MR) is 52.7 cm³/mol. The van der Waals surface area contributed by atoms with E-state index in [0.717, 1.165) is 17.7 Å². The van der Waals surface area contributed by atoms with Gasteiger partial charge < -0.3 is 4.84 Å². The molecular weight excluding hydrogens is 162 g/mol. The van der Waals surface area contributed by atoms with Gasteiger partial charge in [-0.1, -0.05) is 42.1 Å². The van der Waals surface area contributed by atoms with E-state index in [4.69, 9.17) is 4.84 Å². The van der Waals surface area contributed by atoms with E-state index in [2.05, 4.69) is 11.7 Å². The molecule has 2 rings (SSSR count). The SMILES string of the molecule is C=CC1CC(c2ccccc2)=NO1. The Kier molecular flexibility index (Phi) is 2.13. The standard InChI is InChI=1S/C11H11NO/c1-2-10-8-11(12-13-10)9-6-4-3-5-7-9/h2-7,10H,1,8H2. The van der Waals surface area contributed by atoms with Crippen molar-refractivity contribution in [2.24, 2.45) is 5.16 Å². The molecule has 0 N–H and O–H groups in total. The van der Waals surface area contributed by atoms with Crippen molar-refractivity contribution < 1.29 is 4.84 Å². The van der Waals surface area contributed by atoms with Crippen LogP contribution in [0.1, 0.15) is 12.0 Å². The number of hydrogen-bond donors (Lipinski definition) is 0. The Bertz CT molecular complexity index is 329. The molecule has 0 aliphatic carbocycles. The zero-order chi connectivity index (χ0) is 9.10. The Morgan fingerprint density at radius 3 is 2.77 bits per heavy atom. The first-order valence-electron chi connectivity index (χ1n) is 4.31. The molecule has 0 fully saturated rings. The fourth-order valence-corrected chi connectivity index (χ4v) is 1.32. The average Bonchev–Trinajstić information content (AvgIpc) is 2.67. The molecule has 1 heterocycles. The van der Waals surface area contributed by atoms with Crippen LogP contribution in [0.2, 0.25) is 0 Å². The molecule has 0 saturated carbocycles. The van der Waals surface area contributed by atoms with Crippen LogP contribution in [0.3, 0.4) is 0 Å². The molecule has 1 unspecified atom stereocenters. The van der Waals surface area contributed by atoms with E-state index >= 15 is 0 Å². The monoisotopic (exact) mass is 173 g/mol. The summed E-state index contributed by atoms with van der Waals surface area (Å²) in [6.07, 6.45) is 2.66. The zero-order valence-corrected chi connectivity index (χ0v) is 7.31. The van der Waals surface area contributed by atoms with Crippen molar-refractivity contribution in [3.8, 4) is 0 Å². The summed E-state index contributed by atoms with van der Waals surface area (Å²) < 4.78 is 0. The van der Waals surface area contributed by atoms with Gasteiger partial charge >= 0.3 is 0 Å². The fourth-order valence-electron chi connectivity index (χ4n) is 1.32. The summed E-state index contributed by atoms with van der Waals surface area (Å²) in [5, 5.41) is 4.00. The van der Waals surface area contributed by atoms with Gasteiger partial charge in [0.15, 0.2) is 6.10 Å². The van der Waals surface area contributed by atoms with Crippen molar-refractivity contribution in [1.82, 2.24) is 0 Å². The van der Waals surface area contributed by atoms with Crippen molar-refractivity contribution >= 4 is 5.71 Å². The highest BCUT2D eigenvalue weighted by Gasteiger charge is 2.18. The average molecular weight is 173 g/mol. The molecule has 0 spiro atoms. The highest BCUT2D eigenvalue weighted by molar-refractivity contribution is 6.01. The van der Waals surface area contributed by atoms with E-state index in [-0.39, 0.29) is 6.10 Å². The topological polar surface area (TPSA) is 21.6 Å². The van der Waals surface area contributed by atoms with Gasteiger partial charge in [-0.15, -0.1) is 0 Å². The molecule has 2 nitrogen and oxygen atoms in total. The molecular formula is C11H11NO. The van der Waals surface area contributed by atoms with Gasteiger partial charge in [-0.05, 0) is 11.6 Å². The maximum Gasteiger partial charge on any atom is 0.151 e. The lowest BCUT2D eigenvalue weighted by molar-refractivity contribution is 0.120. The third-order valence-corrected chi connectivity index (χ3v) is 2.06. The second kappa shape index (κ2) is 3.44. The molecule has 1 aromatic carbocycles. The summed E-state index contributed by atoms with van der Waals surface area (Å²) in [5.41, 5.74) is 2.14. The summed E-state index contributed by atoms with van der Waals surface area (Å²) in [4.78, 5) is 5.14. The molecule has 1 aromatic rings. The smallest absolute Gasteiger partial charge is 0.151 e. The summed E-state index contributed by atoms with van der Waals surface area (Å²) in [5.74, 6) is 0. The van der Waals surface area contributed by atoms with Gasteiger partial charge in [0.1, 0.15) is 0 Å². The first-order chi connectivity index (χ1) is 6.40. The third kappa shape index (κ3) is 1.61. The quantitative estimate of drug-likeness (QED) is 0.629. The predicted octanol–water partition coefficient (Wildman–Crippen LogP) is 2.37. The van der Waals surface area contributed by atoms with Crippen LogP contribution in [0.5, 0.6) is 0 Å². The van der Waals surface area contributed by atoms with Gasteiger partial charge in [-0.3, -0.25) is 0 Å². The van der Waals surface area contributed by atoms with Gasteiger partial charge in [-0.25, -0.2) is 0 Å². The molecule has 2 heteroatoms. The largest absolute Gasteiger partial charge is 0.388 e. The lowest BCUT2D eigenvalue weighted by Gasteiger charge is -1.98. The minimum atomic E-state index is 0.0511. The zero-order valence-electron chi connectivity index (χ0n) is 7.31. The maximum atomic E-state index is 5.14. The summed E-state index contributed by atoms with van der Waals surface area (Å²) in [6.45, 7) is 3.67. The minimum absolute atomic E-state index is 0.0511. The Morgan fingerprint density at radius 1 is 1.38 bits per heavy atom. The van der Waals surface area contributed by atoms with E-state index in [1.807, 2.05) is 30.3 Å². The summed E-state index contributed by atoms with van der Waals surface area (Å²) >= 11 is 0. The molecule has 0 radical (unpaired) electrons. The van der Waals surface area contributed by atoms with Crippen LogP contribution in [0, 0.1) is 0 Å². The number of hydrogen-bond acceptors (Lipinski definition) is 2. The second-order valence-corrected chi connectivity index (χ2v) is 2.99. The number of nitrogens with zero attached hydrogens (tertiary/aromatic N) is 1. The van der Waals surface area contributed by atoms with Crippen molar-refractivity contribution in [2.45, 2.75) is 12.5 Å². The number of benzene rings is 1. The normalized spacial score (nSPS) is 20.6. The molecule has 0 bridgehead atoms. The van der Waals surface area contributed by atoms with Crippen molar-refractivity contribution in [2.75, 3.05) is 0 Å². The Hall–Kier alpha value is -1.57. The lowest BCUT2D eigenvalue weighted by Crippen LogP contribution is -2.04. The van der Waals surface area contributed by atoms with E-state index in [1.165, 1.54) is 0 Å². The van der Waals surface area contributed by atoms with Gasteiger partial charge in [0.2, 0.25) is 0 Å². The Morgan fingerprint density at radius 2 is 2.15 bits per heavy atom. The molecule has 1 aliphatic heterocycles. The van der Waals surface area contributed by atoms with E-state index in [9.17, 15) is 0 Å². The van der Waals surface area contributed by atoms with Crippen LogP contribution in [-0.2, 0) is 4.84 Å². The second-order valence-electron chi connectivity index (χ2n) is 2.99. The number of oxime groups is 1. The lowest BCUT2D eigenvalue weighted by atomic mass is 10.1. The molecule has 0 saturated heterocycles. The highest BCUT2D eigenvalue weighted by atomic mass is 16.6. The molecule has 1 atom stereocenters. The molecule has 13 heavy (non-hydrogen) atoms. The van der Waals surface area contributed by atoms with Crippen LogP contribution in [-0.4, -0.2) is 11.8 Å². The maximum absolute atomic E-state index is 5.14. The van der Waals surface area contributed by atoms with Crippen molar-refractivity contribution in [3.63, 3.8) is 0 Å². The van der Waals surface area contributed by atoms with Gasteiger partial charge in [-0.2, -0.15) is 0 Å². The van der Waals surface area contributed by atoms with E-state index in [1.54, 1.807) is 6.08 Å². The van der Waals surface area contributed by atoms with E-state index < -0.39 is 0 Å². The first-order valence-corrected chi connectivity index (χ1v) is 4.31. The van der Waals surface area contributed by atoms with Crippen LogP contribution < -0.4 is 0 Å². The van der Waals surface area contributed by atoms with Crippen LogP contribution in [0.4, 0.5) is 0 Å². The summed E-state index contributed by atoms with van der Waals surface area (Å²) in [7, 11) is 0. The Labute approximate surface area is 77.5 Å². The first kappa shape index (κ1) is 8.05. The summed E-state index contributed by atoms with van der Waals surface area (Å²) in [6, 6.07) is 10.1.